The predicted octanol–water partition coefficient (Wildman–Crippen LogP) is 2.08. The molecule has 43 heavy (non-hydrogen) atoms. The molecule has 3 amide bonds. The summed E-state index contributed by atoms with van der Waals surface area (Å²) in [6.07, 6.45) is 5.13. The van der Waals surface area contributed by atoms with Crippen LogP contribution in [0.5, 0.6) is 0 Å². The lowest BCUT2D eigenvalue weighted by atomic mass is 9.72. The Labute approximate surface area is 250 Å². The van der Waals surface area contributed by atoms with Crippen LogP contribution in [0, 0.1) is 5.92 Å². The van der Waals surface area contributed by atoms with Gasteiger partial charge in [0.05, 0.1) is 5.92 Å². The lowest BCUT2D eigenvalue weighted by Crippen LogP contribution is -2.71. The van der Waals surface area contributed by atoms with Gasteiger partial charge in [-0.2, -0.15) is 0 Å². The van der Waals surface area contributed by atoms with E-state index in [-0.39, 0.29) is 36.1 Å². The Morgan fingerprint density at radius 2 is 1.98 bits per heavy atom. The molecule has 0 spiro atoms. The first-order valence-electron chi connectivity index (χ1n) is 15.4. The molecule has 224 valence electrons. The van der Waals surface area contributed by atoms with Gasteiger partial charge in [-0.25, -0.2) is 0 Å². The molecule has 0 unspecified atom stereocenters. The maximum absolute atomic E-state index is 14.2. The number of amides is 3. The largest absolute Gasteiger partial charge is 0.361 e. The molecule has 8 rings (SSSR count). The van der Waals surface area contributed by atoms with Gasteiger partial charge in [-0.05, 0) is 62.4 Å². The van der Waals surface area contributed by atoms with Crippen molar-refractivity contribution in [2.75, 3.05) is 20.1 Å². The topological polar surface area (TPSA) is 118 Å². The van der Waals surface area contributed by atoms with Crippen molar-refractivity contribution in [3.63, 3.8) is 0 Å². The normalized spacial score (nSPS) is 35.2. The van der Waals surface area contributed by atoms with Crippen LogP contribution < -0.4 is 5.32 Å². The van der Waals surface area contributed by atoms with Crippen LogP contribution >= 0.6 is 0 Å². The number of ether oxygens (including phenoxy) is 1. The smallest absolute Gasteiger partial charge is 0.280 e. The lowest BCUT2D eigenvalue weighted by Gasteiger charge is -2.48. The van der Waals surface area contributed by atoms with Crippen LogP contribution in [0.2, 0.25) is 0 Å². The van der Waals surface area contributed by atoms with E-state index in [0.717, 1.165) is 17.5 Å². The maximum Gasteiger partial charge on any atom is 0.280 e. The summed E-state index contributed by atoms with van der Waals surface area (Å²) in [4.78, 5) is 50.4. The van der Waals surface area contributed by atoms with Gasteiger partial charge in [-0.1, -0.05) is 42.5 Å². The van der Waals surface area contributed by atoms with Gasteiger partial charge >= 0.3 is 0 Å². The first kappa shape index (κ1) is 26.9. The lowest BCUT2D eigenvalue weighted by molar-refractivity contribution is -0.315. The Morgan fingerprint density at radius 1 is 1.16 bits per heavy atom. The van der Waals surface area contributed by atoms with Crippen molar-refractivity contribution in [1.29, 1.82) is 0 Å². The Balaban J connectivity index is 1.08. The second kappa shape index (κ2) is 9.38. The van der Waals surface area contributed by atoms with Crippen LogP contribution in [0.4, 0.5) is 0 Å². The second-order valence-electron chi connectivity index (χ2n) is 13.2. The van der Waals surface area contributed by atoms with Gasteiger partial charge in [0.2, 0.25) is 17.5 Å². The molecule has 4 fully saturated rings. The minimum absolute atomic E-state index is 0.171. The molecule has 10 heteroatoms. The summed E-state index contributed by atoms with van der Waals surface area (Å²) >= 11 is 0. The van der Waals surface area contributed by atoms with Crippen molar-refractivity contribution in [3.8, 4) is 0 Å². The van der Waals surface area contributed by atoms with E-state index in [2.05, 4.69) is 46.6 Å². The van der Waals surface area contributed by atoms with Gasteiger partial charge in [-0.3, -0.25) is 24.0 Å². The Kier molecular flexibility index (Phi) is 5.86. The predicted molar refractivity (Wildman–Crippen MR) is 157 cm³/mol. The molecule has 0 radical (unpaired) electrons. The molecule has 10 nitrogen and oxygen atoms in total. The molecule has 4 saturated heterocycles. The van der Waals surface area contributed by atoms with Gasteiger partial charge in [-0.15, -0.1) is 0 Å². The Hall–Kier alpha value is -3.73. The number of nitrogens with one attached hydrogen (secondary N) is 2. The fraction of sp³-hybridized carbons (Fsp3) is 0.485. The molecule has 2 aromatic carbocycles. The van der Waals surface area contributed by atoms with E-state index in [1.54, 1.807) is 4.90 Å². The van der Waals surface area contributed by atoms with Crippen LogP contribution in [-0.2, 0) is 32.0 Å². The van der Waals surface area contributed by atoms with Gasteiger partial charge in [0.15, 0.2) is 0 Å². The highest BCUT2D eigenvalue weighted by Gasteiger charge is 2.70. The van der Waals surface area contributed by atoms with E-state index in [9.17, 15) is 19.5 Å². The fourth-order valence-electron chi connectivity index (χ4n) is 8.65. The number of carbonyl (C=O) groups excluding carboxylic acids is 3. The highest BCUT2D eigenvalue weighted by atomic mass is 16.7. The number of nitrogens with zero attached hydrogens (tertiary/aromatic N) is 3. The average molecular weight is 584 g/mol. The first-order chi connectivity index (χ1) is 20.7. The summed E-state index contributed by atoms with van der Waals surface area (Å²) < 4.78 is 6.25. The molecule has 0 saturated carbocycles. The summed E-state index contributed by atoms with van der Waals surface area (Å²) in [6, 6.07) is 14.4. The number of fused-ring (bicyclic) bond motifs is 5. The SMILES string of the molecule is CN1C[C@H](C(=O)N[C@]2(C)O[C@@]3(O)[C@@H]4CCCN4C(=O)[C@@H](Cc4ccccc4)N3C2=O)C[C@@H]2c3cccc4[nH]cc(c34)C[C@H]21. The maximum atomic E-state index is 14.2. The molecule has 1 aromatic heterocycles. The van der Waals surface area contributed by atoms with Crippen LogP contribution in [0.3, 0.4) is 0 Å². The van der Waals surface area contributed by atoms with Gasteiger partial charge in [0.25, 0.3) is 11.8 Å². The van der Waals surface area contributed by atoms with Crippen molar-refractivity contribution in [3.05, 3.63) is 71.4 Å². The highest BCUT2D eigenvalue weighted by Crippen LogP contribution is 2.47. The van der Waals surface area contributed by atoms with Crippen LogP contribution in [-0.4, -0.2) is 92.4 Å². The first-order valence-corrected chi connectivity index (χ1v) is 15.4. The summed E-state index contributed by atoms with van der Waals surface area (Å²) in [5.41, 5.74) is 2.74. The molecular formula is C33H37N5O5. The molecule has 5 heterocycles. The van der Waals surface area contributed by atoms with Crippen molar-refractivity contribution in [2.24, 2.45) is 5.92 Å². The second-order valence-corrected chi connectivity index (χ2v) is 13.2. The number of benzene rings is 2. The monoisotopic (exact) mass is 583 g/mol. The molecule has 5 aliphatic rings. The third-order valence-electron chi connectivity index (χ3n) is 10.6. The number of piperidine rings is 1. The summed E-state index contributed by atoms with van der Waals surface area (Å²) in [6.45, 7) is 2.56. The molecule has 7 atom stereocenters. The number of rotatable bonds is 4. The van der Waals surface area contributed by atoms with Crippen molar-refractivity contribution in [2.45, 2.75) is 74.7 Å². The number of aromatic amines is 1. The number of carbonyl (C=O) groups is 3. The molecule has 3 aromatic rings. The third kappa shape index (κ3) is 3.86. The van der Waals surface area contributed by atoms with Crippen LogP contribution in [0.1, 0.15) is 48.8 Å². The van der Waals surface area contributed by atoms with E-state index in [4.69, 9.17) is 4.74 Å². The van der Waals surface area contributed by atoms with Gasteiger partial charge < -0.3 is 25.2 Å². The molecular weight excluding hydrogens is 546 g/mol. The number of hydrogen-bond donors (Lipinski definition) is 3. The number of likely N-dealkylation sites (tertiary alicyclic amines) is 1. The fourth-order valence-corrected chi connectivity index (χ4v) is 8.65. The van der Waals surface area contributed by atoms with E-state index >= 15 is 0 Å². The number of likely N-dealkylation sites (N-methyl/N-ethyl adjacent to an activating group) is 1. The minimum Gasteiger partial charge on any atom is -0.361 e. The summed E-state index contributed by atoms with van der Waals surface area (Å²) in [7, 11) is 2.06. The van der Waals surface area contributed by atoms with E-state index < -0.39 is 29.6 Å². The summed E-state index contributed by atoms with van der Waals surface area (Å²) in [5, 5.41) is 16.2. The number of aromatic nitrogens is 1. The van der Waals surface area contributed by atoms with Gasteiger partial charge in [0, 0.05) is 48.6 Å². The van der Waals surface area contributed by atoms with Crippen molar-refractivity contribution >= 4 is 28.6 Å². The van der Waals surface area contributed by atoms with E-state index in [1.165, 1.54) is 28.3 Å². The number of aliphatic hydroxyl groups is 1. The molecule has 0 bridgehead atoms. The zero-order valence-electron chi connectivity index (χ0n) is 24.5. The zero-order chi connectivity index (χ0) is 29.7. The minimum atomic E-state index is -2.03. The summed E-state index contributed by atoms with van der Waals surface area (Å²) in [5.74, 6) is -3.31. The number of H-pyrrole nitrogens is 1. The van der Waals surface area contributed by atoms with Gasteiger partial charge in [0.1, 0.15) is 12.1 Å². The third-order valence-corrected chi connectivity index (χ3v) is 10.6. The van der Waals surface area contributed by atoms with E-state index in [0.29, 0.717) is 32.4 Å². The van der Waals surface area contributed by atoms with Crippen molar-refractivity contribution < 1.29 is 24.2 Å². The van der Waals surface area contributed by atoms with Crippen LogP contribution in [0.25, 0.3) is 10.9 Å². The average Bonchev–Trinajstić information content (AvgIpc) is 3.70. The quantitative estimate of drug-likeness (QED) is 0.433. The Morgan fingerprint density at radius 3 is 2.79 bits per heavy atom. The molecule has 1 aliphatic carbocycles. The number of hydrogen-bond acceptors (Lipinski definition) is 6. The highest BCUT2D eigenvalue weighted by molar-refractivity contribution is 5.97. The number of piperazine rings is 1. The van der Waals surface area contributed by atoms with Crippen molar-refractivity contribution in [1.82, 2.24) is 25.0 Å². The molecule has 3 N–H and O–H groups in total. The molecule has 4 aliphatic heterocycles. The standard InChI is InChI=1S/C33H37N5O5/c1-32(35-29(39)21-15-23-22-10-6-11-24-28(22)20(17-34-24)16-25(23)36(2)18-21)31(41)38-26(14-19-8-4-3-5-9-19)30(40)37-13-7-12-27(37)33(38,42)43-32/h3-6,8-11,17,21,23,25-27,34,42H,7,12-16,18H2,1-2H3,(H,35,39)/t21-,23-,25-,26-,27+,32-,33+/m1/s1. The van der Waals surface area contributed by atoms with E-state index in [1.807, 2.05) is 30.3 Å². The Bertz CT molecular complexity index is 1640. The van der Waals surface area contributed by atoms with Crippen LogP contribution in [0.15, 0.2) is 54.7 Å². The zero-order valence-corrected chi connectivity index (χ0v) is 24.5.